The van der Waals surface area contributed by atoms with Crippen molar-refractivity contribution in [3.8, 4) is 5.75 Å². The van der Waals surface area contributed by atoms with E-state index in [1.54, 1.807) is 6.07 Å². The van der Waals surface area contributed by atoms with Crippen LogP contribution in [0.15, 0.2) is 60.7 Å². The third-order valence-corrected chi connectivity index (χ3v) is 5.72. The lowest BCUT2D eigenvalue weighted by molar-refractivity contribution is -0.118. The summed E-state index contributed by atoms with van der Waals surface area (Å²) in [6.45, 7) is 7.05. The molecule has 0 bridgehead atoms. The number of benzene rings is 3. The van der Waals surface area contributed by atoms with Gasteiger partial charge in [0, 0.05) is 31.2 Å². The second kappa shape index (κ2) is 9.37. The second-order valence-corrected chi connectivity index (χ2v) is 7.87. The number of rotatable bonds is 6. The van der Waals surface area contributed by atoms with Gasteiger partial charge in [0.2, 0.25) is 0 Å². The van der Waals surface area contributed by atoms with Gasteiger partial charge in [-0.2, -0.15) is 0 Å². The molecular weight excluding hydrogens is 398 g/mol. The summed E-state index contributed by atoms with van der Waals surface area (Å²) < 4.78 is 5.73. The minimum Gasteiger partial charge on any atom is -0.484 e. The highest BCUT2D eigenvalue weighted by Crippen LogP contribution is 2.30. The van der Waals surface area contributed by atoms with Gasteiger partial charge in [0.1, 0.15) is 5.75 Å². The maximum Gasteiger partial charge on any atom is 0.262 e. The zero-order valence-corrected chi connectivity index (χ0v) is 17.9. The van der Waals surface area contributed by atoms with Crippen LogP contribution in [0.2, 0.25) is 5.02 Å². The van der Waals surface area contributed by atoms with E-state index in [2.05, 4.69) is 22.0 Å². The van der Waals surface area contributed by atoms with Gasteiger partial charge < -0.3 is 19.9 Å². The molecule has 1 saturated heterocycles. The first-order valence-corrected chi connectivity index (χ1v) is 10.7. The Balaban J connectivity index is 1.41. The molecule has 1 fully saturated rings. The zero-order valence-electron chi connectivity index (χ0n) is 17.1. The molecule has 3 aromatic carbocycles. The van der Waals surface area contributed by atoms with Crippen LogP contribution >= 0.6 is 11.6 Å². The molecule has 0 aromatic heterocycles. The molecule has 0 spiro atoms. The van der Waals surface area contributed by atoms with Crippen molar-refractivity contribution >= 4 is 39.7 Å². The normalized spacial score (nSPS) is 14.7. The standard InChI is InChI=1S/C24H26ClN3O2/c1-2-27-11-13-28(14-12-27)23-10-8-20(25)16-22(23)26-24(29)17-30-21-9-7-18-5-3-4-6-19(18)15-21/h3-10,15-16H,2,11-14,17H2,1H3,(H,26,29). The number of hydrogen-bond donors (Lipinski definition) is 1. The smallest absolute Gasteiger partial charge is 0.262 e. The van der Waals surface area contributed by atoms with E-state index >= 15 is 0 Å². The number of nitrogens with one attached hydrogen (secondary N) is 1. The fourth-order valence-corrected chi connectivity index (χ4v) is 3.95. The number of fused-ring (bicyclic) bond motifs is 1. The van der Waals surface area contributed by atoms with Crippen LogP contribution < -0.4 is 15.0 Å². The van der Waals surface area contributed by atoms with Crippen LogP contribution in [0.3, 0.4) is 0 Å². The van der Waals surface area contributed by atoms with E-state index in [1.807, 2.05) is 54.6 Å². The first kappa shape index (κ1) is 20.5. The number of hydrogen-bond acceptors (Lipinski definition) is 4. The summed E-state index contributed by atoms with van der Waals surface area (Å²) in [5.74, 6) is 0.463. The number of anilines is 2. The van der Waals surface area contributed by atoms with E-state index in [9.17, 15) is 4.79 Å². The van der Waals surface area contributed by atoms with E-state index in [1.165, 1.54) is 0 Å². The second-order valence-electron chi connectivity index (χ2n) is 7.43. The zero-order chi connectivity index (χ0) is 20.9. The average Bonchev–Trinajstić information content (AvgIpc) is 2.78. The summed E-state index contributed by atoms with van der Waals surface area (Å²) in [6.07, 6.45) is 0. The van der Waals surface area contributed by atoms with Crippen molar-refractivity contribution in [2.45, 2.75) is 6.92 Å². The van der Waals surface area contributed by atoms with Gasteiger partial charge in [-0.25, -0.2) is 0 Å². The molecule has 0 atom stereocenters. The number of carbonyl (C=O) groups excluding carboxylic acids is 1. The van der Waals surface area contributed by atoms with Crippen LogP contribution in [0.25, 0.3) is 10.8 Å². The van der Waals surface area contributed by atoms with Gasteiger partial charge in [-0.3, -0.25) is 4.79 Å². The third-order valence-electron chi connectivity index (χ3n) is 5.48. The molecule has 6 heteroatoms. The van der Waals surface area contributed by atoms with E-state index < -0.39 is 0 Å². The highest BCUT2D eigenvalue weighted by atomic mass is 35.5. The summed E-state index contributed by atoms with van der Waals surface area (Å²) in [5, 5.41) is 5.79. The van der Waals surface area contributed by atoms with Crippen molar-refractivity contribution < 1.29 is 9.53 Å². The number of carbonyl (C=O) groups is 1. The Morgan fingerprint density at radius 2 is 1.77 bits per heavy atom. The van der Waals surface area contributed by atoms with Gasteiger partial charge in [-0.05, 0) is 47.6 Å². The van der Waals surface area contributed by atoms with E-state index in [-0.39, 0.29) is 12.5 Å². The summed E-state index contributed by atoms with van der Waals surface area (Å²) in [4.78, 5) is 17.3. The van der Waals surface area contributed by atoms with Gasteiger partial charge in [-0.1, -0.05) is 48.9 Å². The molecule has 1 N–H and O–H groups in total. The van der Waals surface area contributed by atoms with Crippen molar-refractivity contribution in [1.29, 1.82) is 0 Å². The maximum absolute atomic E-state index is 12.6. The highest BCUT2D eigenvalue weighted by Gasteiger charge is 2.19. The average molecular weight is 424 g/mol. The van der Waals surface area contributed by atoms with Gasteiger partial charge >= 0.3 is 0 Å². The molecule has 1 amide bonds. The van der Waals surface area contributed by atoms with E-state index in [0.29, 0.717) is 10.8 Å². The Morgan fingerprint density at radius 1 is 1.00 bits per heavy atom. The molecule has 1 heterocycles. The van der Waals surface area contributed by atoms with Gasteiger partial charge in [-0.15, -0.1) is 0 Å². The molecule has 156 valence electrons. The summed E-state index contributed by atoms with van der Waals surface area (Å²) >= 11 is 6.20. The Kier molecular flexibility index (Phi) is 6.41. The molecule has 5 nitrogen and oxygen atoms in total. The van der Waals surface area contributed by atoms with Crippen molar-refractivity contribution in [3.63, 3.8) is 0 Å². The largest absolute Gasteiger partial charge is 0.484 e. The van der Waals surface area contributed by atoms with E-state index in [4.69, 9.17) is 16.3 Å². The summed E-state index contributed by atoms with van der Waals surface area (Å²) in [5.41, 5.74) is 1.72. The first-order chi connectivity index (χ1) is 14.6. The number of halogens is 1. The number of amides is 1. The molecule has 4 rings (SSSR count). The molecule has 1 aliphatic rings. The molecular formula is C24H26ClN3O2. The fourth-order valence-electron chi connectivity index (χ4n) is 3.78. The van der Waals surface area contributed by atoms with Crippen molar-refractivity contribution in [1.82, 2.24) is 4.90 Å². The molecule has 1 aliphatic heterocycles. The third kappa shape index (κ3) is 4.86. The first-order valence-electron chi connectivity index (χ1n) is 10.3. The van der Waals surface area contributed by atoms with Crippen molar-refractivity contribution in [2.75, 3.05) is 49.5 Å². The Hall–Kier alpha value is -2.76. The van der Waals surface area contributed by atoms with Crippen LogP contribution in [-0.2, 0) is 4.79 Å². The monoisotopic (exact) mass is 423 g/mol. The van der Waals surface area contributed by atoms with Crippen LogP contribution in [0, 0.1) is 0 Å². The molecule has 0 aliphatic carbocycles. The molecule has 3 aromatic rings. The van der Waals surface area contributed by atoms with Gasteiger partial charge in [0.15, 0.2) is 6.61 Å². The number of ether oxygens (including phenoxy) is 1. The van der Waals surface area contributed by atoms with Crippen molar-refractivity contribution in [3.05, 3.63) is 65.7 Å². The van der Waals surface area contributed by atoms with Gasteiger partial charge in [0.25, 0.3) is 5.91 Å². The van der Waals surface area contributed by atoms with Crippen LogP contribution in [0.4, 0.5) is 11.4 Å². The fraction of sp³-hybridized carbons (Fsp3) is 0.292. The molecule has 0 unspecified atom stereocenters. The minimum absolute atomic E-state index is 0.0616. The van der Waals surface area contributed by atoms with Crippen LogP contribution in [0.5, 0.6) is 5.75 Å². The number of likely N-dealkylation sites (N-methyl/N-ethyl adjacent to an activating group) is 1. The lowest BCUT2D eigenvalue weighted by Crippen LogP contribution is -2.46. The van der Waals surface area contributed by atoms with Gasteiger partial charge in [0.05, 0.1) is 11.4 Å². The molecule has 0 radical (unpaired) electrons. The SMILES string of the molecule is CCN1CCN(c2ccc(Cl)cc2NC(=O)COc2ccc3ccccc3c2)CC1. The van der Waals surface area contributed by atoms with E-state index in [0.717, 1.165) is 54.9 Å². The Morgan fingerprint density at radius 3 is 2.53 bits per heavy atom. The maximum atomic E-state index is 12.6. The predicted octanol–water partition coefficient (Wildman–Crippen LogP) is 4.65. The number of nitrogens with zero attached hydrogens (tertiary/aromatic N) is 2. The summed E-state index contributed by atoms with van der Waals surface area (Å²) in [7, 11) is 0. The minimum atomic E-state index is -0.209. The topological polar surface area (TPSA) is 44.8 Å². The van der Waals surface area contributed by atoms with Crippen molar-refractivity contribution in [2.24, 2.45) is 0 Å². The van der Waals surface area contributed by atoms with Crippen LogP contribution in [-0.4, -0.2) is 50.1 Å². The Labute approximate surface area is 182 Å². The molecule has 30 heavy (non-hydrogen) atoms. The lowest BCUT2D eigenvalue weighted by atomic mass is 10.1. The predicted molar refractivity (Wildman–Crippen MR) is 124 cm³/mol. The Bertz CT molecular complexity index is 1030. The lowest BCUT2D eigenvalue weighted by Gasteiger charge is -2.36. The molecule has 0 saturated carbocycles. The highest BCUT2D eigenvalue weighted by molar-refractivity contribution is 6.31. The number of piperazine rings is 1. The summed E-state index contributed by atoms with van der Waals surface area (Å²) in [6, 6.07) is 19.5. The quantitative estimate of drug-likeness (QED) is 0.626. The van der Waals surface area contributed by atoms with Crippen LogP contribution in [0.1, 0.15) is 6.92 Å².